The molecule has 9 heteroatoms. The Bertz CT molecular complexity index is 614. The smallest absolute Gasteiger partial charge is 0.209 e. The SMILES string of the molecule is Cn1nnnc1SCc1cc(F)cc(/C(N)=N/O)c1. The van der Waals surface area contributed by atoms with E-state index in [9.17, 15) is 4.39 Å². The van der Waals surface area contributed by atoms with E-state index < -0.39 is 5.82 Å². The number of nitrogens with zero attached hydrogens (tertiary/aromatic N) is 5. The van der Waals surface area contributed by atoms with E-state index in [0.717, 1.165) is 0 Å². The average Bonchev–Trinajstić information content (AvgIpc) is 2.80. The van der Waals surface area contributed by atoms with Gasteiger partial charge < -0.3 is 10.9 Å². The Morgan fingerprint density at radius 3 is 2.95 bits per heavy atom. The van der Waals surface area contributed by atoms with E-state index in [1.54, 1.807) is 13.1 Å². The van der Waals surface area contributed by atoms with Gasteiger partial charge in [-0.2, -0.15) is 0 Å². The summed E-state index contributed by atoms with van der Waals surface area (Å²) < 4.78 is 14.9. The van der Waals surface area contributed by atoms with Crippen molar-refractivity contribution < 1.29 is 9.60 Å². The fourth-order valence-corrected chi connectivity index (χ4v) is 2.21. The molecule has 100 valence electrons. The average molecular weight is 282 g/mol. The number of oxime groups is 1. The Labute approximate surface area is 112 Å². The molecule has 0 bridgehead atoms. The Morgan fingerprint density at radius 2 is 2.32 bits per heavy atom. The second-order valence-corrected chi connectivity index (χ2v) is 4.65. The monoisotopic (exact) mass is 282 g/mol. The van der Waals surface area contributed by atoms with E-state index >= 15 is 0 Å². The van der Waals surface area contributed by atoms with Crippen LogP contribution in [0.1, 0.15) is 11.1 Å². The molecule has 0 radical (unpaired) electrons. The highest BCUT2D eigenvalue weighted by atomic mass is 32.2. The van der Waals surface area contributed by atoms with Gasteiger partial charge in [-0.1, -0.05) is 16.9 Å². The normalized spacial score (nSPS) is 11.8. The molecule has 0 atom stereocenters. The summed E-state index contributed by atoms with van der Waals surface area (Å²) in [6.45, 7) is 0. The molecule has 0 amide bonds. The molecule has 7 nitrogen and oxygen atoms in total. The topological polar surface area (TPSA) is 102 Å². The Morgan fingerprint density at radius 1 is 1.53 bits per heavy atom. The molecule has 2 aromatic rings. The summed E-state index contributed by atoms with van der Waals surface area (Å²) in [6.07, 6.45) is 0. The largest absolute Gasteiger partial charge is 0.409 e. The molecule has 19 heavy (non-hydrogen) atoms. The summed E-state index contributed by atoms with van der Waals surface area (Å²) >= 11 is 1.36. The summed E-state index contributed by atoms with van der Waals surface area (Å²) in [7, 11) is 1.72. The Balaban J connectivity index is 2.17. The molecule has 0 saturated carbocycles. The molecule has 0 fully saturated rings. The summed E-state index contributed by atoms with van der Waals surface area (Å²) in [5.41, 5.74) is 6.45. The number of nitrogens with two attached hydrogens (primary N) is 1. The van der Waals surface area contributed by atoms with Gasteiger partial charge in [0.1, 0.15) is 5.82 Å². The van der Waals surface area contributed by atoms with Crippen molar-refractivity contribution in [3.05, 3.63) is 35.1 Å². The molecule has 1 aromatic heterocycles. The summed E-state index contributed by atoms with van der Waals surface area (Å²) in [5.74, 6) is -0.112. The van der Waals surface area contributed by atoms with Crippen LogP contribution in [0.3, 0.4) is 0 Å². The van der Waals surface area contributed by atoms with E-state index in [-0.39, 0.29) is 5.84 Å². The molecule has 0 aliphatic carbocycles. The van der Waals surface area contributed by atoms with Crippen LogP contribution in [-0.4, -0.2) is 31.3 Å². The zero-order chi connectivity index (χ0) is 13.8. The molecule has 0 spiro atoms. The maximum Gasteiger partial charge on any atom is 0.209 e. The summed E-state index contributed by atoms with van der Waals surface area (Å²) in [4.78, 5) is 0. The fraction of sp³-hybridized carbons (Fsp3) is 0.200. The van der Waals surface area contributed by atoms with E-state index in [1.807, 2.05) is 0 Å². The third-order valence-electron chi connectivity index (χ3n) is 2.31. The lowest BCUT2D eigenvalue weighted by Crippen LogP contribution is -2.13. The Hall–Kier alpha value is -2.16. The van der Waals surface area contributed by atoms with Gasteiger partial charge >= 0.3 is 0 Å². The van der Waals surface area contributed by atoms with Crippen molar-refractivity contribution in [1.29, 1.82) is 0 Å². The molecule has 1 aromatic carbocycles. The van der Waals surface area contributed by atoms with Crippen LogP contribution in [0.15, 0.2) is 28.5 Å². The number of halogens is 1. The fourth-order valence-electron chi connectivity index (χ4n) is 1.43. The van der Waals surface area contributed by atoms with E-state index in [2.05, 4.69) is 20.7 Å². The number of aryl methyl sites for hydroxylation is 1. The summed E-state index contributed by atoms with van der Waals surface area (Å²) in [5, 5.41) is 23.1. The van der Waals surface area contributed by atoms with Crippen molar-refractivity contribution in [2.45, 2.75) is 10.9 Å². The van der Waals surface area contributed by atoms with Crippen molar-refractivity contribution in [1.82, 2.24) is 20.2 Å². The van der Waals surface area contributed by atoms with Crippen LogP contribution in [0.25, 0.3) is 0 Å². The van der Waals surface area contributed by atoms with E-state index in [4.69, 9.17) is 10.9 Å². The van der Waals surface area contributed by atoms with Gasteiger partial charge in [0.15, 0.2) is 5.84 Å². The number of amidine groups is 1. The van der Waals surface area contributed by atoms with Crippen LogP contribution >= 0.6 is 11.8 Å². The van der Waals surface area contributed by atoms with Crippen LogP contribution < -0.4 is 5.73 Å². The molecule has 0 aliphatic rings. The minimum atomic E-state index is -0.448. The molecule has 0 saturated heterocycles. The zero-order valence-corrected chi connectivity index (χ0v) is 10.8. The molecule has 2 rings (SSSR count). The number of aromatic nitrogens is 4. The number of tetrazole rings is 1. The first-order chi connectivity index (χ1) is 9.10. The number of hydrogen-bond donors (Lipinski definition) is 2. The van der Waals surface area contributed by atoms with Gasteiger partial charge in [-0.05, 0) is 34.2 Å². The molecular formula is C10H11FN6OS. The molecule has 1 heterocycles. The highest BCUT2D eigenvalue weighted by molar-refractivity contribution is 7.98. The molecule has 3 N–H and O–H groups in total. The predicted molar refractivity (Wildman–Crippen MR) is 67.3 cm³/mol. The lowest BCUT2D eigenvalue weighted by molar-refractivity contribution is 0.318. The van der Waals surface area contributed by atoms with Crippen LogP contribution in [0.5, 0.6) is 0 Å². The van der Waals surface area contributed by atoms with Crippen molar-refractivity contribution in [3.8, 4) is 0 Å². The first kappa shape index (κ1) is 13.3. The third-order valence-corrected chi connectivity index (χ3v) is 3.39. The Kier molecular flexibility index (Phi) is 3.95. The van der Waals surface area contributed by atoms with Gasteiger partial charge in [0, 0.05) is 18.4 Å². The number of rotatable bonds is 4. The van der Waals surface area contributed by atoms with Gasteiger partial charge in [0.2, 0.25) is 5.16 Å². The number of benzene rings is 1. The highest BCUT2D eigenvalue weighted by Crippen LogP contribution is 2.20. The number of hydrogen-bond acceptors (Lipinski definition) is 6. The minimum Gasteiger partial charge on any atom is -0.409 e. The minimum absolute atomic E-state index is 0.133. The predicted octanol–water partition coefficient (Wildman–Crippen LogP) is 0.736. The van der Waals surface area contributed by atoms with Crippen LogP contribution in [-0.2, 0) is 12.8 Å². The van der Waals surface area contributed by atoms with Gasteiger partial charge in [0.05, 0.1) is 0 Å². The first-order valence-electron chi connectivity index (χ1n) is 5.22. The quantitative estimate of drug-likeness (QED) is 0.282. The van der Waals surface area contributed by atoms with Crippen LogP contribution in [0.4, 0.5) is 4.39 Å². The molecule has 0 aliphatic heterocycles. The lowest BCUT2D eigenvalue weighted by Gasteiger charge is -2.04. The zero-order valence-electron chi connectivity index (χ0n) is 9.99. The second-order valence-electron chi connectivity index (χ2n) is 3.71. The summed E-state index contributed by atoms with van der Waals surface area (Å²) in [6, 6.07) is 4.23. The van der Waals surface area contributed by atoms with Crippen molar-refractivity contribution in [3.63, 3.8) is 0 Å². The highest BCUT2D eigenvalue weighted by Gasteiger charge is 2.07. The van der Waals surface area contributed by atoms with Gasteiger partial charge in [-0.25, -0.2) is 9.07 Å². The molecular weight excluding hydrogens is 271 g/mol. The number of thioether (sulfide) groups is 1. The first-order valence-corrected chi connectivity index (χ1v) is 6.21. The maximum atomic E-state index is 13.4. The lowest BCUT2D eigenvalue weighted by atomic mass is 10.1. The van der Waals surface area contributed by atoms with Gasteiger partial charge in [0.25, 0.3) is 0 Å². The standard InChI is InChI=1S/C10H11FN6OS/c1-17-10(13-15-16-17)19-5-6-2-7(9(12)14-18)4-8(11)3-6/h2-4,18H,5H2,1H3,(H2,12,14). The van der Waals surface area contributed by atoms with Crippen molar-refractivity contribution in [2.24, 2.45) is 17.9 Å². The van der Waals surface area contributed by atoms with Crippen LogP contribution in [0.2, 0.25) is 0 Å². The second kappa shape index (κ2) is 5.65. The van der Waals surface area contributed by atoms with E-state index in [1.165, 1.54) is 28.6 Å². The van der Waals surface area contributed by atoms with Gasteiger partial charge in [-0.15, -0.1) is 5.10 Å². The van der Waals surface area contributed by atoms with E-state index in [0.29, 0.717) is 22.0 Å². The van der Waals surface area contributed by atoms with Gasteiger partial charge in [-0.3, -0.25) is 0 Å². The third kappa shape index (κ3) is 3.19. The van der Waals surface area contributed by atoms with Crippen LogP contribution in [0, 0.1) is 5.82 Å². The maximum absolute atomic E-state index is 13.4. The van der Waals surface area contributed by atoms with Crippen molar-refractivity contribution in [2.75, 3.05) is 0 Å². The van der Waals surface area contributed by atoms with Crippen molar-refractivity contribution >= 4 is 17.6 Å². The molecule has 0 unspecified atom stereocenters.